The predicted octanol–water partition coefficient (Wildman–Crippen LogP) is 3.19. The number of urea groups is 1. The second-order valence-corrected chi connectivity index (χ2v) is 5.92. The Morgan fingerprint density at radius 2 is 2.10 bits per heavy atom. The number of hydrogen-bond acceptors (Lipinski definition) is 2. The van der Waals surface area contributed by atoms with Gasteiger partial charge in [0.1, 0.15) is 0 Å². The average Bonchev–Trinajstić information content (AvgIpc) is 2.49. The summed E-state index contributed by atoms with van der Waals surface area (Å²) in [6, 6.07) is 8.43. The molecule has 0 bridgehead atoms. The maximum atomic E-state index is 12.6. The lowest BCUT2D eigenvalue weighted by molar-refractivity contribution is 0.238. The summed E-state index contributed by atoms with van der Waals surface area (Å²) in [6.07, 6.45) is 6.75. The maximum absolute atomic E-state index is 12.6. The van der Waals surface area contributed by atoms with E-state index in [2.05, 4.69) is 11.4 Å². The molecule has 0 aromatic heterocycles. The number of anilines is 1. The van der Waals surface area contributed by atoms with E-state index in [1.165, 1.54) is 19.3 Å². The molecular weight excluding hydrogens is 262 g/mol. The molecule has 4 heteroatoms. The minimum atomic E-state index is 0.0148. The number of amides is 2. The average molecular weight is 289 g/mol. The normalized spacial score (nSPS) is 15.7. The van der Waals surface area contributed by atoms with Crippen LogP contribution in [0, 0.1) is 6.92 Å². The van der Waals surface area contributed by atoms with Crippen molar-refractivity contribution in [1.82, 2.24) is 5.32 Å². The van der Waals surface area contributed by atoms with E-state index in [9.17, 15) is 4.79 Å². The van der Waals surface area contributed by atoms with Gasteiger partial charge < -0.3 is 11.1 Å². The Balaban J connectivity index is 2.05. The summed E-state index contributed by atoms with van der Waals surface area (Å²) in [6.45, 7) is 3.31. The highest BCUT2D eigenvalue weighted by atomic mass is 16.2. The van der Waals surface area contributed by atoms with Gasteiger partial charge in [0.05, 0.1) is 0 Å². The molecule has 2 amide bonds. The van der Waals surface area contributed by atoms with Crippen molar-refractivity contribution in [2.24, 2.45) is 5.73 Å². The van der Waals surface area contributed by atoms with Gasteiger partial charge in [-0.1, -0.05) is 31.4 Å². The van der Waals surface area contributed by atoms with Crippen molar-refractivity contribution in [3.05, 3.63) is 29.8 Å². The molecule has 0 spiro atoms. The van der Waals surface area contributed by atoms with E-state index in [4.69, 9.17) is 5.73 Å². The Morgan fingerprint density at radius 1 is 1.33 bits per heavy atom. The summed E-state index contributed by atoms with van der Waals surface area (Å²) in [5.74, 6) is 0. The molecule has 1 fully saturated rings. The van der Waals surface area contributed by atoms with Crippen LogP contribution in [0.3, 0.4) is 0 Å². The second kappa shape index (κ2) is 8.03. The van der Waals surface area contributed by atoms with Gasteiger partial charge in [-0.2, -0.15) is 0 Å². The van der Waals surface area contributed by atoms with Gasteiger partial charge in [-0.3, -0.25) is 4.90 Å². The van der Waals surface area contributed by atoms with E-state index in [0.717, 1.165) is 30.5 Å². The standard InChI is InChI=1S/C17H27N3O/c1-14-7-5-10-16(13-14)20(12-6-11-18)17(21)19-15-8-3-2-4-9-15/h5,7,10,13,15H,2-4,6,8-9,11-12,18H2,1H3,(H,19,21). The monoisotopic (exact) mass is 289 g/mol. The van der Waals surface area contributed by atoms with E-state index in [1.807, 2.05) is 30.0 Å². The molecule has 1 saturated carbocycles. The SMILES string of the molecule is Cc1cccc(N(CCCN)C(=O)NC2CCCCC2)c1. The first-order valence-corrected chi connectivity index (χ1v) is 8.05. The van der Waals surface area contributed by atoms with Crippen molar-refractivity contribution in [3.8, 4) is 0 Å². The van der Waals surface area contributed by atoms with Gasteiger partial charge in [0, 0.05) is 18.3 Å². The molecule has 1 aromatic carbocycles. The third-order valence-corrected chi connectivity index (χ3v) is 4.08. The number of carbonyl (C=O) groups excluding carboxylic acids is 1. The number of rotatable bonds is 5. The third kappa shape index (κ3) is 4.74. The minimum absolute atomic E-state index is 0.0148. The summed E-state index contributed by atoms with van der Waals surface area (Å²) in [4.78, 5) is 14.4. The first-order chi connectivity index (χ1) is 10.2. The van der Waals surface area contributed by atoms with Crippen LogP contribution >= 0.6 is 0 Å². The maximum Gasteiger partial charge on any atom is 0.322 e. The zero-order chi connectivity index (χ0) is 15.1. The molecule has 0 unspecified atom stereocenters. The largest absolute Gasteiger partial charge is 0.335 e. The van der Waals surface area contributed by atoms with Crippen LogP contribution in [0.25, 0.3) is 0 Å². The highest BCUT2D eigenvalue weighted by Gasteiger charge is 2.20. The van der Waals surface area contributed by atoms with E-state index in [0.29, 0.717) is 19.1 Å². The molecule has 0 atom stereocenters. The van der Waals surface area contributed by atoms with Crippen LogP contribution < -0.4 is 16.0 Å². The summed E-state index contributed by atoms with van der Waals surface area (Å²) in [7, 11) is 0. The fourth-order valence-electron chi connectivity index (χ4n) is 2.89. The molecule has 1 aromatic rings. The molecular formula is C17H27N3O. The Bertz CT molecular complexity index is 455. The van der Waals surface area contributed by atoms with Gasteiger partial charge in [0.2, 0.25) is 0 Å². The molecule has 1 aliphatic carbocycles. The number of nitrogens with one attached hydrogen (secondary N) is 1. The molecule has 1 aliphatic rings. The van der Waals surface area contributed by atoms with Gasteiger partial charge in [-0.05, 0) is 50.4 Å². The molecule has 0 saturated heterocycles. The van der Waals surface area contributed by atoms with E-state index in [1.54, 1.807) is 0 Å². The number of nitrogens with two attached hydrogens (primary N) is 1. The Labute approximate surface area is 127 Å². The fraction of sp³-hybridized carbons (Fsp3) is 0.588. The molecule has 3 N–H and O–H groups in total. The van der Waals surface area contributed by atoms with Crippen LogP contribution in [0.2, 0.25) is 0 Å². The zero-order valence-electron chi connectivity index (χ0n) is 13.0. The van der Waals surface area contributed by atoms with Gasteiger partial charge in [0.25, 0.3) is 0 Å². The first-order valence-electron chi connectivity index (χ1n) is 8.05. The minimum Gasteiger partial charge on any atom is -0.335 e. The number of benzene rings is 1. The predicted molar refractivity (Wildman–Crippen MR) is 87.6 cm³/mol. The number of nitrogens with zero attached hydrogens (tertiary/aromatic N) is 1. The lowest BCUT2D eigenvalue weighted by atomic mass is 9.96. The number of carbonyl (C=O) groups is 1. The Hall–Kier alpha value is -1.55. The number of aryl methyl sites for hydroxylation is 1. The van der Waals surface area contributed by atoms with Crippen molar-refractivity contribution in [2.75, 3.05) is 18.0 Å². The number of hydrogen-bond donors (Lipinski definition) is 2. The van der Waals surface area contributed by atoms with E-state index >= 15 is 0 Å². The zero-order valence-corrected chi connectivity index (χ0v) is 13.0. The van der Waals surface area contributed by atoms with Crippen LogP contribution in [0.1, 0.15) is 44.1 Å². The Morgan fingerprint density at radius 3 is 2.76 bits per heavy atom. The summed E-state index contributed by atoms with van der Waals surface area (Å²) in [5.41, 5.74) is 7.73. The topological polar surface area (TPSA) is 58.4 Å². The molecule has 2 rings (SSSR count). The summed E-state index contributed by atoms with van der Waals surface area (Å²) < 4.78 is 0. The molecule has 0 heterocycles. The molecule has 116 valence electrons. The third-order valence-electron chi connectivity index (χ3n) is 4.08. The molecule has 0 aliphatic heterocycles. The smallest absolute Gasteiger partial charge is 0.322 e. The summed E-state index contributed by atoms with van der Waals surface area (Å²) >= 11 is 0. The van der Waals surface area contributed by atoms with Crippen LogP contribution in [-0.4, -0.2) is 25.2 Å². The van der Waals surface area contributed by atoms with Gasteiger partial charge >= 0.3 is 6.03 Å². The molecule has 4 nitrogen and oxygen atoms in total. The summed E-state index contributed by atoms with van der Waals surface area (Å²) in [5, 5.41) is 3.19. The van der Waals surface area contributed by atoms with Gasteiger partial charge in [0.15, 0.2) is 0 Å². The second-order valence-electron chi connectivity index (χ2n) is 5.92. The van der Waals surface area contributed by atoms with Crippen molar-refractivity contribution in [2.45, 2.75) is 51.5 Å². The van der Waals surface area contributed by atoms with Crippen molar-refractivity contribution < 1.29 is 4.79 Å². The molecule has 0 radical (unpaired) electrons. The fourth-order valence-corrected chi connectivity index (χ4v) is 2.89. The lowest BCUT2D eigenvalue weighted by Crippen LogP contribution is -2.46. The Kier molecular flexibility index (Phi) is 6.05. The van der Waals surface area contributed by atoms with E-state index in [-0.39, 0.29) is 6.03 Å². The quantitative estimate of drug-likeness (QED) is 0.874. The van der Waals surface area contributed by atoms with Crippen molar-refractivity contribution in [3.63, 3.8) is 0 Å². The van der Waals surface area contributed by atoms with Crippen molar-refractivity contribution >= 4 is 11.7 Å². The highest BCUT2D eigenvalue weighted by molar-refractivity contribution is 5.92. The first kappa shape index (κ1) is 15.8. The molecule has 21 heavy (non-hydrogen) atoms. The lowest BCUT2D eigenvalue weighted by Gasteiger charge is -2.28. The van der Waals surface area contributed by atoms with E-state index < -0.39 is 0 Å². The van der Waals surface area contributed by atoms with Crippen LogP contribution in [-0.2, 0) is 0 Å². The van der Waals surface area contributed by atoms with Crippen LogP contribution in [0.4, 0.5) is 10.5 Å². The van der Waals surface area contributed by atoms with Gasteiger partial charge in [-0.15, -0.1) is 0 Å². The van der Waals surface area contributed by atoms with Crippen molar-refractivity contribution in [1.29, 1.82) is 0 Å². The van der Waals surface area contributed by atoms with Crippen LogP contribution in [0.15, 0.2) is 24.3 Å². The van der Waals surface area contributed by atoms with Crippen LogP contribution in [0.5, 0.6) is 0 Å². The van der Waals surface area contributed by atoms with Gasteiger partial charge in [-0.25, -0.2) is 4.79 Å². The highest BCUT2D eigenvalue weighted by Crippen LogP contribution is 2.20.